The van der Waals surface area contributed by atoms with Gasteiger partial charge in [-0.2, -0.15) is 17.0 Å². The molecule has 0 bridgehead atoms. The Bertz CT molecular complexity index is 647. The van der Waals surface area contributed by atoms with Gasteiger partial charge in [-0.1, -0.05) is 12.1 Å². The zero-order chi connectivity index (χ0) is 15.7. The number of hydrogen-bond acceptors (Lipinski definition) is 4. The molecule has 1 aromatic rings. The monoisotopic (exact) mass is 324 g/mol. The first-order valence-corrected chi connectivity index (χ1v) is 9.15. The van der Waals surface area contributed by atoms with E-state index in [1.165, 1.54) is 15.6 Å². The van der Waals surface area contributed by atoms with Gasteiger partial charge < -0.3 is 10.6 Å². The second-order valence-electron chi connectivity index (χ2n) is 6.05. The van der Waals surface area contributed by atoms with E-state index in [1.807, 2.05) is 13.1 Å². The molecule has 1 unspecified atom stereocenters. The second-order valence-corrected chi connectivity index (χ2v) is 8.09. The molecule has 2 aliphatic rings. The van der Waals surface area contributed by atoms with Crippen molar-refractivity contribution in [1.29, 1.82) is 0 Å². The van der Waals surface area contributed by atoms with Gasteiger partial charge in [0.15, 0.2) is 0 Å². The maximum absolute atomic E-state index is 12.2. The summed E-state index contributed by atoms with van der Waals surface area (Å²) < 4.78 is 27.3. The van der Waals surface area contributed by atoms with Crippen LogP contribution in [-0.4, -0.2) is 57.3 Å². The minimum Gasteiger partial charge on any atom is -0.384 e. The summed E-state index contributed by atoms with van der Waals surface area (Å²) in [5.74, 6) is 0.500. The van der Waals surface area contributed by atoms with Gasteiger partial charge in [0, 0.05) is 44.8 Å². The lowest BCUT2D eigenvalue weighted by Gasteiger charge is -2.17. The number of benzene rings is 1. The van der Waals surface area contributed by atoms with Crippen molar-refractivity contribution in [3.05, 3.63) is 29.3 Å². The van der Waals surface area contributed by atoms with Gasteiger partial charge in [0.1, 0.15) is 0 Å². The number of likely N-dealkylation sites (N-methyl/N-ethyl adjacent to an activating group) is 1. The Morgan fingerprint density at radius 3 is 2.86 bits per heavy atom. The van der Waals surface area contributed by atoms with Gasteiger partial charge >= 0.3 is 0 Å². The summed E-state index contributed by atoms with van der Waals surface area (Å²) in [4.78, 5) is 0. The van der Waals surface area contributed by atoms with E-state index in [-0.39, 0.29) is 0 Å². The molecule has 3 rings (SSSR count). The molecule has 1 saturated heterocycles. The average molecular weight is 324 g/mol. The Hall–Kier alpha value is -1.15. The summed E-state index contributed by atoms with van der Waals surface area (Å²) >= 11 is 0. The van der Waals surface area contributed by atoms with E-state index < -0.39 is 10.2 Å². The molecule has 0 aromatic heterocycles. The highest BCUT2D eigenvalue weighted by molar-refractivity contribution is 7.86. The molecule has 6 nitrogen and oxygen atoms in total. The Labute approximate surface area is 132 Å². The minimum absolute atomic E-state index is 0.457. The third-order valence-corrected chi connectivity index (χ3v) is 6.52. The second kappa shape index (κ2) is 6.16. The fourth-order valence-electron chi connectivity index (χ4n) is 3.17. The minimum atomic E-state index is -3.26. The quantitative estimate of drug-likeness (QED) is 0.841. The summed E-state index contributed by atoms with van der Waals surface area (Å²) in [6.07, 6.45) is 1.09. The molecular formula is C15H24N4O2S. The number of hydrogen-bond donors (Lipinski definition) is 2. The molecule has 1 aromatic carbocycles. The molecule has 2 aliphatic heterocycles. The summed E-state index contributed by atoms with van der Waals surface area (Å²) in [6, 6.07) is 6.28. The van der Waals surface area contributed by atoms with Gasteiger partial charge in [-0.3, -0.25) is 0 Å². The molecule has 0 spiro atoms. The summed E-state index contributed by atoms with van der Waals surface area (Å²) in [5, 5.41) is 6.63. The zero-order valence-corrected chi connectivity index (χ0v) is 14.0. The van der Waals surface area contributed by atoms with Gasteiger partial charge in [-0.25, -0.2) is 0 Å². The largest absolute Gasteiger partial charge is 0.384 e. The molecule has 122 valence electrons. The van der Waals surface area contributed by atoms with Crippen LogP contribution in [0.4, 0.5) is 5.69 Å². The van der Waals surface area contributed by atoms with E-state index in [1.54, 1.807) is 11.4 Å². The molecule has 22 heavy (non-hydrogen) atoms. The van der Waals surface area contributed by atoms with Gasteiger partial charge in [0.05, 0.1) is 0 Å². The molecule has 0 aliphatic carbocycles. The maximum atomic E-state index is 12.2. The third kappa shape index (κ3) is 2.86. The Morgan fingerprint density at radius 2 is 2.18 bits per heavy atom. The predicted molar refractivity (Wildman–Crippen MR) is 88.2 cm³/mol. The molecule has 2 N–H and O–H groups in total. The number of anilines is 1. The average Bonchev–Trinajstić information content (AvgIpc) is 3.01. The van der Waals surface area contributed by atoms with Crippen LogP contribution in [0.15, 0.2) is 18.2 Å². The number of nitrogens with zero attached hydrogens (tertiary/aromatic N) is 2. The Kier molecular flexibility index (Phi) is 4.40. The van der Waals surface area contributed by atoms with Crippen molar-refractivity contribution in [3.8, 4) is 0 Å². The van der Waals surface area contributed by atoms with Gasteiger partial charge in [0.2, 0.25) is 0 Å². The molecule has 0 amide bonds. The van der Waals surface area contributed by atoms with E-state index in [2.05, 4.69) is 22.8 Å². The van der Waals surface area contributed by atoms with Gasteiger partial charge in [-0.15, -0.1) is 0 Å². The number of rotatable bonds is 5. The Morgan fingerprint density at radius 1 is 1.36 bits per heavy atom. The van der Waals surface area contributed by atoms with Crippen molar-refractivity contribution in [2.75, 3.05) is 45.6 Å². The van der Waals surface area contributed by atoms with Crippen molar-refractivity contribution < 1.29 is 8.42 Å². The van der Waals surface area contributed by atoms with E-state index >= 15 is 0 Å². The van der Waals surface area contributed by atoms with Crippen LogP contribution >= 0.6 is 0 Å². The highest BCUT2D eigenvalue weighted by Crippen LogP contribution is 2.34. The van der Waals surface area contributed by atoms with E-state index in [0.29, 0.717) is 25.6 Å². The molecule has 0 radical (unpaired) electrons. The molecule has 7 heteroatoms. The number of nitrogens with one attached hydrogen (secondary N) is 2. The highest BCUT2D eigenvalue weighted by Gasteiger charge is 2.33. The summed E-state index contributed by atoms with van der Waals surface area (Å²) in [7, 11) is 0.337. The van der Waals surface area contributed by atoms with E-state index in [4.69, 9.17) is 0 Å². The Balaban J connectivity index is 1.77. The lowest BCUT2D eigenvalue weighted by atomic mass is 9.96. The molecule has 1 atom stereocenters. The van der Waals surface area contributed by atoms with E-state index in [0.717, 1.165) is 25.1 Å². The van der Waals surface area contributed by atoms with Crippen molar-refractivity contribution in [2.24, 2.45) is 0 Å². The molecule has 1 fully saturated rings. The fraction of sp³-hybridized carbons (Fsp3) is 0.600. The lowest BCUT2D eigenvalue weighted by molar-refractivity contribution is 0.444. The molecular weight excluding hydrogens is 300 g/mol. The highest BCUT2D eigenvalue weighted by atomic mass is 32.2. The first kappa shape index (κ1) is 15.7. The molecule has 0 saturated carbocycles. The standard InChI is InChI=1S/C15H24N4O2S/c1-16-6-5-13-10-17-15-4-3-12(9-14(13)15)11-19-8-7-18(2)22(19,20)21/h3-4,9,13,16-17H,5-8,10-11H2,1-2H3. The van der Waals surface area contributed by atoms with Crippen LogP contribution in [0.2, 0.25) is 0 Å². The van der Waals surface area contributed by atoms with Gasteiger partial charge in [0.25, 0.3) is 10.2 Å². The van der Waals surface area contributed by atoms with E-state index in [9.17, 15) is 8.42 Å². The van der Waals surface area contributed by atoms with Crippen LogP contribution in [0.5, 0.6) is 0 Å². The van der Waals surface area contributed by atoms with Crippen molar-refractivity contribution in [2.45, 2.75) is 18.9 Å². The number of fused-ring (bicyclic) bond motifs is 1. The van der Waals surface area contributed by atoms with Crippen LogP contribution in [-0.2, 0) is 16.8 Å². The first-order chi connectivity index (χ1) is 10.5. The van der Waals surface area contributed by atoms with Crippen molar-refractivity contribution in [3.63, 3.8) is 0 Å². The topological polar surface area (TPSA) is 64.7 Å². The summed E-state index contributed by atoms with van der Waals surface area (Å²) in [6.45, 7) is 3.54. The van der Waals surface area contributed by atoms with Crippen LogP contribution < -0.4 is 10.6 Å². The third-order valence-electron chi connectivity index (χ3n) is 4.58. The smallest absolute Gasteiger partial charge is 0.282 e. The predicted octanol–water partition coefficient (Wildman–Crippen LogP) is 0.797. The van der Waals surface area contributed by atoms with Crippen molar-refractivity contribution >= 4 is 15.9 Å². The SMILES string of the molecule is CNCCC1CNc2ccc(CN3CCN(C)S3(=O)=O)cc21. The van der Waals surface area contributed by atoms with Gasteiger partial charge in [-0.05, 0) is 37.2 Å². The fourth-order valence-corrected chi connectivity index (χ4v) is 4.50. The van der Waals surface area contributed by atoms with Crippen LogP contribution in [0.25, 0.3) is 0 Å². The normalized spacial score (nSPS) is 24.4. The van der Waals surface area contributed by atoms with Crippen molar-refractivity contribution in [1.82, 2.24) is 13.9 Å². The van der Waals surface area contributed by atoms with Crippen LogP contribution in [0.1, 0.15) is 23.5 Å². The van der Waals surface area contributed by atoms with Crippen LogP contribution in [0, 0.1) is 0 Å². The van der Waals surface area contributed by atoms with Crippen LogP contribution in [0.3, 0.4) is 0 Å². The zero-order valence-electron chi connectivity index (χ0n) is 13.2. The lowest BCUT2D eigenvalue weighted by Crippen LogP contribution is -2.30. The molecule has 2 heterocycles. The maximum Gasteiger partial charge on any atom is 0.282 e. The first-order valence-electron chi connectivity index (χ1n) is 7.75. The summed E-state index contributed by atoms with van der Waals surface area (Å²) in [5.41, 5.74) is 3.57.